The van der Waals surface area contributed by atoms with Gasteiger partial charge in [-0.1, -0.05) is 99.2 Å². The number of benzene rings is 2. The zero-order chi connectivity index (χ0) is 31.9. The Labute approximate surface area is 255 Å². The number of piperidine rings is 1. The smallest absolute Gasteiger partial charge is 0.0263 e. The second kappa shape index (κ2) is 31.1. The van der Waals surface area contributed by atoms with Gasteiger partial charge in [-0.3, -0.25) is 4.99 Å². The Morgan fingerprint density at radius 1 is 0.878 bits per heavy atom. The van der Waals surface area contributed by atoms with Crippen molar-refractivity contribution in [3.8, 4) is 0 Å². The molecule has 0 bridgehead atoms. The maximum atomic E-state index is 4.50. The molecule has 1 fully saturated rings. The first kappa shape index (κ1) is 42.0. The zero-order valence-electron chi connectivity index (χ0n) is 27.4. The zero-order valence-corrected chi connectivity index (χ0v) is 27.4. The van der Waals surface area contributed by atoms with Crippen molar-refractivity contribution in [2.45, 2.75) is 73.1 Å². The predicted octanol–water partition coefficient (Wildman–Crippen LogP) is 10.2. The molecule has 1 saturated heterocycles. The number of rotatable bonds is 8. The summed E-state index contributed by atoms with van der Waals surface area (Å²) in [6.45, 7) is 32.5. The lowest BCUT2D eigenvalue weighted by atomic mass is 9.89. The number of likely N-dealkylation sites (tertiary alicyclic amines) is 1. The summed E-state index contributed by atoms with van der Waals surface area (Å²) in [6.07, 6.45) is 13.3. The highest BCUT2D eigenvalue weighted by Crippen LogP contribution is 2.26. The van der Waals surface area contributed by atoms with Crippen LogP contribution in [0.2, 0.25) is 0 Å². The van der Waals surface area contributed by atoms with Gasteiger partial charge in [0.05, 0.1) is 0 Å². The van der Waals surface area contributed by atoms with Crippen LogP contribution in [-0.2, 0) is 12.8 Å². The Hall–Kier alpha value is -3.43. The quantitative estimate of drug-likeness (QED) is 0.199. The lowest BCUT2D eigenvalue weighted by Crippen LogP contribution is -2.32. The van der Waals surface area contributed by atoms with Crippen LogP contribution in [0.15, 0.2) is 122 Å². The van der Waals surface area contributed by atoms with E-state index in [0.29, 0.717) is 0 Å². The number of hydrogen-bond acceptors (Lipinski definition) is 3. The van der Waals surface area contributed by atoms with Crippen LogP contribution < -0.4 is 5.73 Å². The molecular weight excluding hydrogens is 498 g/mol. The maximum absolute atomic E-state index is 4.50. The molecule has 228 valence electrons. The first-order valence-electron chi connectivity index (χ1n) is 14.8. The SMILES string of the molecule is C=C.C=C.C=N/C=C\C(=C/CC)CC1CCN(C(=C)C)CC1.CCc1ccc(C)cc1.CCc1ccccc1.CN. The molecule has 0 aliphatic carbocycles. The molecule has 0 aromatic heterocycles. The fraction of sp³-hybridized carbons (Fsp3) is 0.395. The van der Waals surface area contributed by atoms with Crippen molar-refractivity contribution in [3.05, 3.63) is 134 Å². The number of nitrogens with two attached hydrogens (primary N) is 1. The van der Waals surface area contributed by atoms with E-state index in [1.165, 1.54) is 54.3 Å². The number of hydrogen-bond donors (Lipinski definition) is 1. The third-order valence-electron chi connectivity index (χ3n) is 6.32. The van der Waals surface area contributed by atoms with Crippen LogP contribution in [0.3, 0.4) is 0 Å². The van der Waals surface area contributed by atoms with Crippen molar-refractivity contribution in [1.29, 1.82) is 0 Å². The van der Waals surface area contributed by atoms with Crippen LogP contribution in [-0.4, -0.2) is 31.8 Å². The van der Waals surface area contributed by atoms with Gasteiger partial charge in [-0.2, -0.15) is 0 Å². The van der Waals surface area contributed by atoms with Gasteiger partial charge in [-0.25, -0.2) is 0 Å². The molecule has 3 heteroatoms. The van der Waals surface area contributed by atoms with Gasteiger partial charge >= 0.3 is 0 Å². The van der Waals surface area contributed by atoms with Crippen molar-refractivity contribution in [2.24, 2.45) is 16.6 Å². The molecule has 0 amide bonds. The third kappa shape index (κ3) is 23.0. The highest BCUT2D eigenvalue weighted by atomic mass is 15.1. The van der Waals surface area contributed by atoms with Crippen LogP contribution in [0.4, 0.5) is 0 Å². The molecule has 0 unspecified atom stereocenters. The van der Waals surface area contributed by atoms with Gasteiger partial charge in [-0.15, -0.1) is 26.3 Å². The second-order valence-electron chi connectivity index (χ2n) is 9.23. The molecule has 2 aromatic rings. The monoisotopic (exact) mass is 559 g/mol. The van der Waals surface area contributed by atoms with Crippen molar-refractivity contribution in [2.75, 3.05) is 20.1 Å². The number of nitrogens with zero attached hydrogens (tertiary/aromatic N) is 2. The number of aliphatic imine (C=N–C) groups is 1. The summed E-state index contributed by atoms with van der Waals surface area (Å²) in [6, 6.07) is 19.1. The maximum Gasteiger partial charge on any atom is 0.0263 e. The predicted molar refractivity (Wildman–Crippen MR) is 190 cm³/mol. The summed E-state index contributed by atoms with van der Waals surface area (Å²) in [5.74, 6) is 0.799. The van der Waals surface area contributed by atoms with Crippen LogP contribution in [0.1, 0.15) is 70.1 Å². The fourth-order valence-electron chi connectivity index (χ4n) is 4.02. The highest BCUT2D eigenvalue weighted by Gasteiger charge is 2.19. The van der Waals surface area contributed by atoms with E-state index in [4.69, 9.17) is 0 Å². The van der Waals surface area contributed by atoms with E-state index in [1.54, 1.807) is 6.20 Å². The average molecular weight is 560 g/mol. The molecular formula is C38H61N3. The second-order valence-corrected chi connectivity index (χ2v) is 9.23. The van der Waals surface area contributed by atoms with Gasteiger partial charge in [0.1, 0.15) is 0 Å². The summed E-state index contributed by atoms with van der Waals surface area (Å²) in [5.41, 5.74) is 11.3. The summed E-state index contributed by atoms with van der Waals surface area (Å²) >= 11 is 0. The molecule has 41 heavy (non-hydrogen) atoms. The minimum absolute atomic E-state index is 0.799. The molecule has 1 heterocycles. The van der Waals surface area contributed by atoms with E-state index >= 15 is 0 Å². The summed E-state index contributed by atoms with van der Waals surface area (Å²) in [5, 5.41) is 0. The molecule has 1 aliphatic heterocycles. The van der Waals surface area contributed by atoms with E-state index in [9.17, 15) is 0 Å². The van der Waals surface area contributed by atoms with Crippen molar-refractivity contribution >= 4 is 6.72 Å². The molecule has 0 spiro atoms. The first-order chi connectivity index (χ1) is 19.9. The van der Waals surface area contributed by atoms with E-state index in [-0.39, 0.29) is 0 Å². The summed E-state index contributed by atoms with van der Waals surface area (Å²) in [4.78, 5) is 6.18. The van der Waals surface area contributed by atoms with Gasteiger partial charge in [0, 0.05) is 25.0 Å². The van der Waals surface area contributed by atoms with Gasteiger partial charge in [0.15, 0.2) is 0 Å². The molecule has 2 N–H and O–H groups in total. The Bertz CT molecular complexity index is 916. The Morgan fingerprint density at radius 3 is 1.76 bits per heavy atom. The topological polar surface area (TPSA) is 41.6 Å². The summed E-state index contributed by atoms with van der Waals surface area (Å²) < 4.78 is 0. The minimum Gasteiger partial charge on any atom is -0.376 e. The third-order valence-corrected chi connectivity index (χ3v) is 6.32. The van der Waals surface area contributed by atoms with Crippen LogP contribution in [0, 0.1) is 12.8 Å². The molecule has 3 nitrogen and oxygen atoms in total. The van der Waals surface area contributed by atoms with Crippen molar-refractivity contribution in [1.82, 2.24) is 4.90 Å². The highest BCUT2D eigenvalue weighted by molar-refractivity contribution is 5.28. The van der Waals surface area contributed by atoms with Crippen molar-refractivity contribution < 1.29 is 0 Å². The van der Waals surface area contributed by atoms with Crippen molar-refractivity contribution in [3.63, 3.8) is 0 Å². The lowest BCUT2D eigenvalue weighted by molar-refractivity contribution is 0.227. The van der Waals surface area contributed by atoms with Crippen LogP contribution in [0.25, 0.3) is 0 Å². The molecule has 2 aromatic carbocycles. The molecule has 3 rings (SSSR count). The molecule has 0 radical (unpaired) electrons. The number of aryl methyl sites for hydroxylation is 3. The van der Waals surface area contributed by atoms with Crippen LogP contribution in [0.5, 0.6) is 0 Å². The van der Waals surface area contributed by atoms with Gasteiger partial charge < -0.3 is 10.6 Å². The molecule has 0 atom stereocenters. The number of allylic oxidation sites excluding steroid dienone is 4. The van der Waals surface area contributed by atoms with E-state index < -0.39 is 0 Å². The van der Waals surface area contributed by atoms with Gasteiger partial charge in [0.25, 0.3) is 0 Å². The van der Waals surface area contributed by atoms with E-state index in [1.807, 2.05) is 6.07 Å². The molecule has 0 saturated carbocycles. The normalized spacial score (nSPS) is 12.3. The Balaban J connectivity index is -0.000000526. The summed E-state index contributed by atoms with van der Waals surface area (Å²) in [7, 11) is 1.50. The fourth-order valence-corrected chi connectivity index (χ4v) is 4.02. The standard InChI is InChI=1S/C16H26N2.C9H12.C8H10.2C2H4.CH5N/c1-5-6-15(7-10-17-4)13-16-8-11-18(12-9-16)14(2)3;1-3-9-6-4-8(2)5-7-9;1-2-8-6-4-3-5-7-8;3*1-2/h6-7,10,16H,2,4-5,8-9,11-13H2,1,3H3;4-7H,3H2,1-2H3;3-7H,2H2,1H3;2*1-2H2;2H2,1H3/b10-7-,15-6+;;;;;. The molecule has 1 aliphatic rings. The largest absolute Gasteiger partial charge is 0.376 e. The minimum atomic E-state index is 0.799. The van der Waals surface area contributed by atoms with Gasteiger partial charge in [0.2, 0.25) is 0 Å². The average Bonchev–Trinajstić information content (AvgIpc) is 3.04. The first-order valence-corrected chi connectivity index (χ1v) is 14.8. The lowest BCUT2D eigenvalue weighted by Gasteiger charge is -2.33. The Kier molecular flexibility index (Phi) is 31.9. The van der Waals surface area contributed by atoms with E-state index in [0.717, 1.165) is 38.3 Å². The van der Waals surface area contributed by atoms with Gasteiger partial charge in [-0.05, 0) is 89.3 Å². The van der Waals surface area contributed by atoms with E-state index in [2.05, 4.69) is 151 Å². The van der Waals surface area contributed by atoms with Crippen LogP contribution >= 0.6 is 0 Å². The Morgan fingerprint density at radius 2 is 1.37 bits per heavy atom.